The maximum absolute atomic E-state index is 12.0. The second-order valence-corrected chi connectivity index (χ2v) is 7.41. The molecule has 0 aliphatic carbocycles. The van der Waals surface area contributed by atoms with Gasteiger partial charge in [0.15, 0.2) is 0 Å². The highest BCUT2D eigenvalue weighted by atomic mass is 16.1. The van der Waals surface area contributed by atoms with E-state index in [9.17, 15) is 4.79 Å². The van der Waals surface area contributed by atoms with Gasteiger partial charge in [-0.3, -0.25) is 4.79 Å². The van der Waals surface area contributed by atoms with Gasteiger partial charge in [0.2, 0.25) is 5.91 Å². The van der Waals surface area contributed by atoms with Crippen LogP contribution < -0.4 is 5.32 Å². The van der Waals surface area contributed by atoms with Crippen molar-refractivity contribution in [3.8, 4) is 11.3 Å². The van der Waals surface area contributed by atoms with Gasteiger partial charge in [-0.1, -0.05) is 39.0 Å². The number of nitrogens with one attached hydrogen (secondary N) is 1. The lowest BCUT2D eigenvalue weighted by atomic mass is 9.92. The van der Waals surface area contributed by atoms with Crippen LogP contribution in [0.5, 0.6) is 0 Å². The monoisotopic (exact) mass is 321 g/mol. The summed E-state index contributed by atoms with van der Waals surface area (Å²) in [5.41, 5.74) is 4.87. The summed E-state index contributed by atoms with van der Waals surface area (Å²) >= 11 is 0. The number of benzene rings is 1. The molecule has 0 fully saturated rings. The van der Waals surface area contributed by atoms with Crippen LogP contribution in [0.1, 0.15) is 32.8 Å². The standard InChI is InChI=1S/C20H23N3O/c1-14-6-5-11-23-13-17(22-19(14)23)15-7-9-16(10-8-15)21-18(24)12-20(2,3)4/h5-11,13H,12H2,1-4H3,(H,21,24). The number of hydrogen-bond acceptors (Lipinski definition) is 2. The minimum Gasteiger partial charge on any atom is -0.326 e. The van der Waals surface area contributed by atoms with Crippen molar-refractivity contribution in [2.24, 2.45) is 5.41 Å². The fourth-order valence-electron chi connectivity index (χ4n) is 2.70. The number of rotatable bonds is 3. The molecule has 124 valence electrons. The van der Waals surface area contributed by atoms with Crippen LogP contribution in [0.4, 0.5) is 5.69 Å². The molecule has 0 bridgehead atoms. The molecule has 1 amide bonds. The molecular formula is C20H23N3O. The molecule has 0 radical (unpaired) electrons. The Hall–Kier alpha value is -2.62. The van der Waals surface area contributed by atoms with E-state index in [0.717, 1.165) is 28.2 Å². The smallest absolute Gasteiger partial charge is 0.224 e. The Labute approximate surface area is 142 Å². The third kappa shape index (κ3) is 3.65. The number of aryl methyl sites for hydroxylation is 1. The van der Waals surface area contributed by atoms with Crippen LogP contribution in [-0.4, -0.2) is 15.3 Å². The van der Waals surface area contributed by atoms with Gasteiger partial charge in [-0.05, 0) is 36.1 Å². The molecular weight excluding hydrogens is 298 g/mol. The summed E-state index contributed by atoms with van der Waals surface area (Å²) < 4.78 is 2.03. The largest absolute Gasteiger partial charge is 0.326 e. The predicted molar refractivity (Wildman–Crippen MR) is 98.1 cm³/mol. The van der Waals surface area contributed by atoms with E-state index in [1.54, 1.807) is 0 Å². The minimum absolute atomic E-state index is 0.0155. The van der Waals surface area contributed by atoms with E-state index >= 15 is 0 Å². The van der Waals surface area contributed by atoms with Gasteiger partial charge in [0.1, 0.15) is 5.65 Å². The van der Waals surface area contributed by atoms with Crippen molar-refractivity contribution < 1.29 is 4.79 Å². The highest BCUT2D eigenvalue weighted by Gasteiger charge is 2.16. The number of anilines is 1. The van der Waals surface area contributed by atoms with Crippen LogP contribution in [0.15, 0.2) is 48.8 Å². The zero-order valence-electron chi connectivity index (χ0n) is 14.6. The number of hydrogen-bond donors (Lipinski definition) is 1. The number of fused-ring (bicyclic) bond motifs is 1. The maximum atomic E-state index is 12.0. The molecule has 1 aromatic carbocycles. The molecule has 2 heterocycles. The van der Waals surface area contributed by atoms with Crippen LogP contribution in [0.2, 0.25) is 0 Å². The number of amides is 1. The normalized spacial score (nSPS) is 11.7. The van der Waals surface area contributed by atoms with E-state index in [2.05, 4.69) is 39.1 Å². The molecule has 3 rings (SSSR count). The van der Waals surface area contributed by atoms with Crippen molar-refractivity contribution in [1.29, 1.82) is 0 Å². The lowest BCUT2D eigenvalue weighted by Crippen LogP contribution is -2.19. The van der Waals surface area contributed by atoms with E-state index in [0.29, 0.717) is 6.42 Å². The molecule has 4 heteroatoms. The number of carbonyl (C=O) groups is 1. The van der Waals surface area contributed by atoms with Gasteiger partial charge in [0.05, 0.1) is 5.69 Å². The zero-order chi connectivity index (χ0) is 17.3. The van der Waals surface area contributed by atoms with Crippen molar-refractivity contribution in [2.75, 3.05) is 5.32 Å². The predicted octanol–water partition coefficient (Wildman–Crippen LogP) is 4.68. The highest BCUT2D eigenvalue weighted by molar-refractivity contribution is 5.91. The number of pyridine rings is 1. The SMILES string of the molecule is Cc1cccn2cc(-c3ccc(NC(=O)CC(C)(C)C)cc3)nc12. The van der Waals surface area contributed by atoms with Gasteiger partial charge in [-0.2, -0.15) is 0 Å². The van der Waals surface area contributed by atoms with Crippen LogP contribution in [0.25, 0.3) is 16.9 Å². The Kier molecular flexibility index (Phi) is 4.14. The molecule has 0 saturated heterocycles. The van der Waals surface area contributed by atoms with Gasteiger partial charge >= 0.3 is 0 Å². The molecule has 3 aromatic rings. The third-order valence-electron chi connectivity index (χ3n) is 3.83. The summed E-state index contributed by atoms with van der Waals surface area (Å²) in [7, 11) is 0. The van der Waals surface area contributed by atoms with Crippen LogP contribution in [0.3, 0.4) is 0 Å². The summed E-state index contributed by atoms with van der Waals surface area (Å²) in [6, 6.07) is 11.9. The van der Waals surface area contributed by atoms with Crippen molar-refractivity contribution in [3.63, 3.8) is 0 Å². The molecule has 0 atom stereocenters. The number of aromatic nitrogens is 2. The minimum atomic E-state index is -0.0155. The van der Waals surface area contributed by atoms with E-state index in [1.807, 2.05) is 47.1 Å². The van der Waals surface area contributed by atoms with Crippen molar-refractivity contribution in [3.05, 3.63) is 54.4 Å². The Morgan fingerprint density at radius 3 is 2.50 bits per heavy atom. The van der Waals surface area contributed by atoms with Crippen molar-refractivity contribution in [1.82, 2.24) is 9.38 Å². The van der Waals surface area contributed by atoms with Crippen LogP contribution >= 0.6 is 0 Å². The van der Waals surface area contributed by atoms with Gasteiger partial charge in [-0.25, -0.2) is 4.98 Å². The molecule has 0 aliphatic heterocycles. The lowest BCUT2D eigenvalue weighted by molar-refractivity contribution is -0.117. The summed E-state index contributed by atoms with van der Waals surface area (Å²) in [6.45, 7) is 8.23. The van der Waals surface area contributed by atoms with Gasteiger partial charge in [0.25, 0.3) is 0 Å². The summed E-state index contributed by atoms with van der Waals surface area (Å²) in [5.74, 6) is 0.0404. The van der Waals surface area contributed by atoms with Gasteiger partial charge in [-0.15, -0.1) is 0 Å². The average molecular weight is 321 g/mol. The fourth-order valence-corrected chi connectivity index (χ4v) is 2.70. The number of carbonyl (C=O) groups excluding carboxylic acids is 1. The Morgan fingerprint density at radius 1 is 1.17 bits per heavy atom. The first kappa shape index (κ1) is 16.2. The van der Waals surface area contributed by atoms with Crippen LogP contribution in [0, 0.1) is 12.3 Å². The quantitative estimate of drug-likeness (QED) is 0.761. The second-order valence-electron chi connectivity index (χ2n) is 7.41. The molecule has 2 aromatic heterocycles. The van der Waals surface area contributed by atoms with Crippen LogP contribution in [-0.2, 0) is 4.79 Å². The van der Waals surface area contributed by atoms with E-state index in [4.69, 9.17) is 4.98 Å². The van der Waals surface area contributed by atoms with Gasteiger partial charge < -0.3 is 9.72 Å². The first-order valence-electron chi connectivity index (χ1n) is 8.16. The highest BCUT2D eigenvalue weighted by Crippen LogP contribution is 2.23. The first-order valence-corrected chi connectivity index (χ1v) is 8.16. The summed E-state index contributed by atoms with van der Waals surface area (Å²) in [6.07, 6.45) is 4.52. The Bertz CT molecular complexity index is 870. The molecule has 0 saturated carbocycles. The van der Waals surface area contributed by atoms with Crippen molar-refractivity contribution >= 4 is 17.2 Å². The molecule has 4 nitrogen and oxygen atoms in total. The Balaban J connectivity index is 1.78. The van der Waals surface area contributed by atoms with E-state index in [1.165, 1.54) is 0 Å². The van der Waals surface area contributed by atoms with Crippen molar-refractivity contribution in [2.45, 2.75) is 34.1 Å². The molecule has 0 spiro atoms. The fraction of sp³-hybridized carbons (Fsp3) is 0.300. The Morgan fingerprint density at radius 2 is 1.88 bits per heavy atom. The maximum Gasteiger partial charge on any atom is 0.224 e. The van der Waals surface area contributed by atoms with E-state index in [-0.39, 0.29) is 11.3 Å². The van der Waals surface area contributed by atoms with Gasteiger partial charge in [0, 0.05) is 30.1 Å². The second kappa shape index (κ2) is 6.11. The molecule has 0 aliphatic rings. The number of imidazole rings is 1. The molecule has 24 heavy (non-hydrogen) atoms. The molecule has 0 unspecified atom stereocenters. The first-order chi connectivity index (χ1) is 11.3. The average Bonchev–Trinajstić information content (AvgIpc) is 2.91. The molecule has 1 N–H and O–H groups in total. The lowest BCUT2D eigenvalue weighted by Gasteiger charge is -2.17. The topological polar surface area (TPSA) is 46.4 Å². The number of nitrogens with zero attached hydrogens (tertiary/aromatic N) is 2. The summed E-state index contributed by atoms with van der Waals surface area (Å²) in [4.78, 5) is 16.7. The summed E-state index contributed by atoms with van der Waals surface area (Å²) in [5, 5.41) is 2.95. The van der Waals surface area contributed by atoms with E-state index < -0.39 is 0 Å². The third-order valence-corrected chi connectivity index (χ3v) is 3.83. The zero-order valence-corrected chi connectivity index (χ0v) is 14.6.